The molecular weight excluding hydrogens is 288 g/mol. The van der Waals surface area contributed by atoms with E-state index in [1.807, 2.05) is 30.3 Å². The quantitative estimate of drug-likeness (QED) is 0.879. The number of rotatable bonds is 6. The maximum Gasteiger partial charge on any atom is 0.248 e. The highest BCUT2D eigenvalue weighted by Crippen LogP contribution is 2.21. The predicted octanol–water partition coefficient (Wildman–Crippen LogP) is 3.93. The number of para-hydroxylation sites is 1. The summed E-state index contributed by atoms with van der Waals surface area (Å²) in [5, 5.41) is 0. The van der Waals surface area contributed by atoms with Gasteiger partial charge in [0.15, 0.2) is 0 Å². The molecule has 0 aromatic heterocycles. The summed E-state index contributed by atoms with van der Waals surface area (Å²) in [6.07, 6.45) is 0. The van der Waals surface area contributed by atoms with Gasteiger partial charge in [0.1, 0.15) is 11.5 Å². The van der Waals surface area contributed by atoms with Crippen molar-refractivity contribution in [2.45, 2.75) is 20.8 Å². The first-order valence-electron chi connectivity index (χ1n) is 7.95. The van der Waals surface area contributed by atoms with Crippen molar-refractivity contribution in [2.24, 2.45) is 5.73 Å². The van der Waals surface area contributed by atoms with E-state index in [4.69, 9.17) is 10.5 Å². The van der Waals surface area contributed by atoms with Crippen molar-refractivity contribution < 1.29 is 9.53 Å². The maximum absolute atomic E-state index is 11.0. The molecule has 124 valence electrons. The fraction of sp³-hybridized carbons (Fsp3) is 0.316. The Balaban J connectivity index is 0.000000322. The third-order valence-corrected chi connectivity index (χ3v) is 3.44. The standard InChI is InChI=1S/C13H11NO2.C6H15N/c14-13(15)10-5-4-8-12(9-10)16-11-6-2-1-3-7-11;1-4-7(5-2)6-3/h1-9H,(H2,14,15);4-6H2,1-3H3. The number of ether oxygens (including phenoxy) is 1. The molecule has 23 heavy (non-hydrogen) atoms. The Kier molecular flexibility index (Phi) is 8.47. The van der Waals surface area contributed by atoms with Crippen LogP contribution >= 0.6 is 0 Å². The van der Waals surface area contributed by atoms with Crippen molar-refractivity contribution in [3.63, 3.8) is 0 Å². The van der Waals surface area contributed by atoms with Crippen LogP contribution in [0, 0.1) is 0 Å². The largest absolute Gasteiger partial charge is 0.457 e. The van der Waals surface area contributed by atoms with E-state index in [1.54, 1.807) is 24.3 Å². The molecule has 0 saturated heterocycles. The lowest BCUT2D eigenvalue weighted by atomic mass is 10.2. The first-order valence-corrected chi connectivity index (χ1v) is 7.95. The zero-order valence-electron chi connectivity index (χ0n) is 14.2. The van der Waals surface area contributed by atoms with Crippen LogP contribution in [0.3, 0.4) is 0 Å². The molecule has 2 rings (SSSR count). The molecule has 0 unspecified atom stereocenters. The van der Waals surface area contributed by atoms with Crippen LogP contribution in [0.25, 0.3) is 0 Å². The predicted molar refractivity (Wildman–Crippen MR) is 94.9 cm³/mol. The Morgan fingerprint density at radius 1 is 0.913 bits per heavy atom. The minimum absolute atomic E-state index is 0.438. The van der Waals surface area contributed by atoms with Crippen LogP contribution in [-0.4, -0.2) is 30.4 Å². The second kappa shape index (κ2) is 10.4. The molecule has 1 amide bonds. The second-order valence-electron chi connectivity index (χ2n) is 4.93. The molecule has 0 saturated carbocycles. The highest BCUT2D eigenvalue weighted by molar-refractivity contribution is 5.93. The van der Waals surface area contributed by atoms with Gasteiger partial charge in [-0.05, 0) is 50.0 Å². The fourth-order valence-corrected chi connectivity index (χ4v) is 2.01. The van der Waals surface area contributed by atoms with Crippen molar-refractivity contribution in [3.05, 3.63) is 60.2 Å². The van der Waals surface area contributed by atoms with Crippen molar-refractivity contribution >= 4 is 5.91 Å². The molecule has 0 bridgehead atoms. The molecule has 0 aliphatic rings. The van der Waals surface area contributed by atoms with Crippen molar-refractivity contribution in [3.8, 4) is 11.5 Å². The number of amides is 1. The fourth-order valence-electron chi connectivity index (χ4n) is 2.01. The number of carbonyl (C=O) groups is 1. The van der Waals surface area contributed by atoms with Gasteiger partial charge in [0.2, 0.25) is 5.91 Å². The molecule has 0 radical (unpaired) electrons. The van der Waals surface area contributed by atoms with Crippen molar-refractivity contribution in [1.82, 2.24) is 4.90 Å². The maximum atomic E-state index is 11.0. The van der Waals surface area contributed by atoms with Crippen LogP contribution in [0.1, 0.15) is 31.1 Å². The van der Waals surface area contributed by atoms with E-state index >= 15 is 0 Å². The van der Waals surface area contributed by atoms with E-state index in [-0.39, 0.29) is 0 Å². The van der Waals surface area contributed by atoms with Gasteiger partial charge in [-0.15, -0.1) is 0 Å². The lowest BCUT2D eigenvalue weighted by Crippen LogP contribution is -2.21. The lowest BCUT2D eigenvalue weighted by Gasteiger charge is -2.13. The molecule has 4 heteroatoms. The molecule has 0 spiro atoms. The number of carbonyl (C=O) groups excluding carboxylic acids is 1. The SMILES string of the molecule is CCN(CC)CC.NC(=O)c1cccc(Oc2ccccc2)c1. The molecule has 0 aliphatic heterocycles. The summed E-state index contributed by atoms with van der Waals surface area (Å²) < 4.78 is 5.56. The summed E-state index contributed by atoms with van der Waals surface area (Å²) in [4.78, 5) is 13.3. The van der Waals surface area contributed by atoms with Crippen molar-refractivity contribution in [2.75, 3.05) is 19.6 Å². The summed E-state index contributed by atoms with van der Waals surface area (Å²) in [5.41, 5.74) is 5.62. The highest BCUT2D eigenvalue weighted by atomic mass is 16.5. The number of benzene rings is 2. The minimum Gasteiger partial charge on any atom is -0.457 e. The van der Waals surface area contributed by atoms with E-state index in [0.717, 1.165) is 5.75 Å². The number of nitrogens with zero attached hydrogens (tertiary/aromatic N) is 1. The smallest absolute Gasteiger partial charge is 0.248 e. The zero-order chi connectivity index (χ0) is 17.1. The molecule has 0 atom stereocenters. The third kappa shape index (κ3) is 6.98. The molecular formula is C19H26N2O2. The van der Waals surface area contributed by atoms with Crippen LogP contribution in [-0.2, 0) is 0 Å². The Labute approximate surface area is 138 Å². The van der Waals surface area contributed by atoms with Crippen molar-refractivity contribution in [1.29, 1.82) is 0 Å². The van der Waals surface area contributed by atoms with Gasteiger partial charge in [0, 0.05) is 5.56 Å². The van der Waals surface area contributed by atoms with E-state index in [9.17, 15) is 4.79 Å². The molecule has 4 nitrogen and oxygen atoms in total. The van der Waals surface area contributed by atoms with Crippen LogP contribution < -0.4 is 10.5 Å². The Bertz CT molecular complexity index is 575. The van der Waals surface area contributed by atoms with Gasteiger partial charge in [-0.2, -0.15) is 0 Å². The van der Waals surface area contributed by atoms with Gasteiger partial charge in [0.05, 0.1) is 0 Å². The van der Waals surface area contributed by atoms with Crippen LogP contribution in [0.15, 0.2) is 54.6 Å². The van der Waals surface area contributed by atoms with E-state index in [1.165, 1.54) is 19.6 Å². The molecule has 0 aliphatic carbocycles. The Morgan fingerprint density at radius 3 is 1.96 bits per heavy atom. The Morgan fingerprint density at radius 2 is 1.48 bits per heavy atom. The summed E-state index contributed by atoms with van der Waals surface area (Å²) >= 11 is 0. The van der Waals surface area contributed by atoms with Gasteiger partial charge >= 0.3 is 0 Å². The molecule has 2 N–H and O–H groups in total. The Hall–Kier alpha value is -2.33. The van der Waals surface area contributed by atoms with Gasteiger partial charge in [0.25, 0.3) is 0 Å². The normalized spacial score (nSPS) is 9.91. The van der Waals surface area contributed by atoms with E-state index in [2.05, 4.69) is 25.7 Å². The number of hydrogen-bond acceptors (Lipinski definition) is 3. The van der Waals surface area contributed by atoms with Crippen LogP contribution in [0.2, 0.25) is 0 Å². The number of nitrogens with two attached hydrogens (primary N) is 1. The average Bonchev–Trinajstić information content (AvgIpc) is 2.58. The topological polar surface area (TPSA) is 55.6 Å². The van der Waals surface area contributed by atoms with Crippen LogP contribution in [0.4, 0.5) is 0 Å². The first kappa shape index (κ1) is 18.7. The first-order chi connectivity index (χ1) is 11.1. The van der Waals surface area contributed by atoms with Gasteiger partial charge in [-0.1, -0.05) is 45.0 Å². The molecule has 2 aromatic carbocycles. The van der Waals surface area contributed by atoms with Gasteiger partial charge in [-0.25, -0.2) is 0 Å². The van der Waals surface area contributed by atoms with Crippen LogP contribution in [0.5, 0.6) is 11.5 Å². The van der Waals surface area contributed by atoms with Gasteiger partial charge < -0.3 is 15.4 Å². The van der Waals surface area contributed by atoms with E-state index in [0.29, 0.717) is 11.3 Å². The molecule has 2 aromatic rings. The molecule has 0 heterocycles. The summed E-state index contributed by atoms with van der Waals surface area (Å²) in [6, 6.07) is 16.1. The summed E-state index contributed by atoms with van der Waals surface area (Å²) in [7, 11) is 0. The third-order valence-electron chi connectivity index (χ3n) is 3.44. The number of primary amides is 1. The second-order valence-corrected chi connectivity index (χ2v) is 4.93. The average molecular weight is 314 g/mol. The van der Waals surface area contributed by atoms with Gasteiger partial charge in [-0.3, -0.25) is 4.79 Å². The van der Waals surface area contributed by atoms with E-state index < -0.39 is 5.91 Å². The zero-order valence-corrected chi connectivity index (χ0v) is 14.2. The monoisotopic (exact) mass is 314 g/mol. The summed E-state index contributed by atoms with van der Waals surface area (Å²) in [6.45, 7) is 10.1. The molecule has 0 fully saturated rings. The minimum atomic E-state index is -0.460. The lowest BCUT2D eigenvalue weighted by molar-refractivity contribution is 0.1000. The highest BCUT2D eigenvalue weighted by Gasteiger charge is 2.02. The number of hydrogen-bond donors (Lipinski definition) is 1. The summed E-state index contributed by atoms with van der Waals surface area (Å²) in [5.74, 6) is 0.866.